The number of rotatable bonds is 24. The Kier molecular flexibility index (Phi) is 19.5. The first-order valence-corrected chi connectivity index (χ1v) is 25.1. The monoisotopic (exact) mass is 1030 g/mol. The Balaban J connectivity index is 1.16. The molecule has 16 nitrogen and oxygen atoms in total. The topological polar surface area (TPSA) is 207 Å². The molecule has 400 valence electrons. The van der Waals surface area contributed by atoms with Gasteiger partial charge in [0.2, 0.25) is 6.29 Å². The first-order valence-electron chi connectivity index (χ1n) is 25.1. The Morgan fingerprint density at radius 1 is 0.787 bits per heavy atom. The molecule has 1 atom stereocenters. The van der Waals surface area contributed by atoms with Crippen LogP contribution in [0, 0.1) is 13.8 Å². The molecule has 1 aliphatic heterocycles. The van der Waals surface area contributed by atoms with Gasteiger partial charge in [-0.25, -0.2) is 4.79 Å². The number of aliphatic carboxylic acids is 1. The summed E-state index contributed by atoms with van der Waals surface area (Å²) in [5, 5.41) is 28.9. The van der Waals surface area contributed by atoms with Gasteiger partial charge >= 0.3 is 11.6 Å². The van der Waals surface area contributed by atoms with Crippen LogP contribution < -0.4 is 45.3 Å². The van der Waals surface area contributed by atoms with Crippen molar-refractivity contribution in [2.24, 2.45) is 0 Å². The minimum atomic E-state index is -1.42. The third-order valence-electron chi connectivity index (χ3n) is 13.0. The molecule has 4 aromatic carbocycles. The second-order valence-corrected chi connectivity index (χ2v) is 20.0. The Labute approximate surface area is 439 Å². The molecule has 1 aliphatic rings. The number of allylic oxidation sites excluding steroid dienone is 4. The zero-order chi connectivity index (χ0) is 54.6. The predicted octanol–water partition coefficient (Wildman–Crippen LogP) is 9.34. The van der Waals surface area contributed by atoms with Gasteiger partial charge in [0.1, 0.15) is 40.0 Å². The van der Waals surface area contributed by atoms with Crippen molar-refractivity contribution in [3.63, 3.8) is 0 Å². The van der Waals surface area contributed by atoms with Gasteiger partial charge in [-0.1, -0.05) is 23.3 Å². The molecule has 0 spiro atoms. The number of benzene rings is 4. The number of fused-ring (bicyclic) bond motifs is 2. The van der Waals surface area contributed by atoms with Gasteiger partial charge in [0.15, 0.2) is 0 Å². The molecule has 75 heavy (non-hydrogen) atoms. The minimum Gasteiger partial charge on any atom is -0.496 e. The Bertz CT molecular complexity index is 3050. The lowest BCUT2D eigenvalue weighted by Crippen LogP contribution is -2.39. The van der Waals surface area contributed by atoms with E-state index in [1.807, 2.05) is 45.9 Å². The number of carbonyl (C=O) groups is 3. The molecular formula is C59H72N4O12. The number of aryl methyl sites for hydroxylation is 1. The lowest BCUT2D eigenvalue weighted by molar-refractivity contribution is -0.135. The average Bonchev–Trinajstić information content (AvgIpc) is 3.36. The van der Waals surface area contributed by atoms with Crippen molar-refractivity contribution in [3.8, 4) is 28.7 Å². The summed E-state index contributed by atoms with van der Waals surface area (Å²) < 4.78 is 35.4. The molecule has 1 aromatic heterocycles. The summed E-state index contributed by atoms with van der Waals surface area (Å²) in [5.41, 5.74) is 6.89. The van der Waals surface area contributed by atoms with Gasteiger partial charge in [0, 0.05) is 45.3 Å². The number of carbonyl (C=O) groups excluding carboxylic acids is 2. The number of hydrogen-bond donors (Lipinski definition) is 5. The number of carboxylic acids is 1. The van der Waals surface area contributed by atoms with Gasteiger partial charge in [0.25, 0.3) is 11.8 Å². The second-order valence-electron chi connectivity index (χ2n) is 20.0. The van der Waals surface area contributed by atoms with Crippen LogP contribution in [0.3, 0.4) is 0 Å². The lowest BCUT2D eigenvalue weighted by atomic mass is 9.95. The fourth-order valence-corrected chi connectivity index (χ4v) is 8.45. The van der Waals surface area contributed by atoms with Crippen LogP contribution in [0.1, 0.15) is 108 Å². The van der Waals surface area contributed by atoms with Crippen LogP contribution in [-0.2, 0) is 24.1 Å². The van der Waals surface area contributed by atoms with E-state index in [0.717, 1.165) is 46.4 Å². The zero-order valence-electron chi connectivity index (χ0n) is 45.1. The van der Waals surface area contributed by atoms with Crippen LogP contribution in [0.5, 0.6) is 28.7 Å². The van der Waals surface area contributed by atoms with E-state index < -0.39 is 29.7 Å². The molecule has 5 aromatic rings. The smallest absolute Gasteiger partial charge is 0.360 e. The second kappa shape index (κ2) is 25.7. The highest BCUT2D eigenvalue weighted by atomic mass is 16.6. The van der Waals surface area contributed by atoms with Gasteiger partial charge in [-0.15, -0.1) is 0 Å². The highest BCUT2D eigenvalue weighted by Gasteiger charge is 2.26. The summed E-state index contributed by atoms with van der Waals surface area (Å²) in [7, 11) is 5.26. The molecule has 2 heterocycles. The number of nitrogens with one attached hydrogen (secondary N) is 3. The fourth-order valence-electron chi connectivity index (χ4n) is 8.45. The number of ether oxygens (including phenoxy) is 5. The van der Waals surface area contributed by atoms with Gasteiger partial charge in [-0.2, -0.15) is 0 Å². The van der Waals surface area contributed by atoms with E-state index in [1.165, 1.54) is 0 Å². The Hall–Kier alpha value is -7.40. The number of aliphatic hydroxyl groups excluding tert-OH is 1. The maximum absolute atomic E-state index is 14.1. The quantitative estimate of drug-likeness (QED) is 0.0222. The lowest BCUT2D eigenvalue weighted by Gasteiger charge is -2.31. The third-order valence-corrected chi connectivity index (χ3v) is 13.0. The van der Waals surface area contributed by atoms with Crippen molar-refractivity contribution in [1.82, 2.24) is 15.5 Å². The number of amides is 2. The first kappa shape index (κ1) is 56.9. The van der Waals surface area contributed by atoms with Crippen LogP contribution in [0.15, 0.2) is 98.9 Å². The molecule has 6 rings (SSSR count). The minimum absolute atomic E-state index is 0.0273. The van der Waals surface area contributed by atoms with Crippen molar-refractivity contribution >= 4 is 40.5 Å². The Morgan fingerprint density at radius 2 is 1.44 bits per heavy atom. The molecule has 0 bridgehead atoms. The summed E-state index contributed by atoms with van der Waals surface area (Å²) in [4.78, 5) is 54.2. The van der Waals surface area contributed by atoms with E-state index in [4.69, 9.17) is 33.2 Å². The maximum atomic E-state index is 14.1. The molecule has 0 fully saturated rings. The van der Waals surface area contributed by atoms with E-state index >= 15 is 0 Å². The van der Waals surface area contributed by atoms with E-state index in [-0.39, 0.29) is 23.5 Å². The van der Waals surface area contributed by atoms with Crippen LogP contribution >= 0.6 is 0 Å². The number of anilines is 1. The average molecular weight is 1030 g/mol. The predicted molar refractivity (Wildman–Crippen MR) is 292 cm³/mol. The van der Waals surface area contributed by atoms with Crippen LogP contribution in [0.4, 0.5) is 5.69 Å². The van der Waals surface area contributed by atoms with E-state index in [0.29, 0.717) is 107 Å². The van der Waals surface area contributed by atoms with Crippen molar-refractivity contribution < 1.29 is 52.7 Å². The summed E-state index contributed by atoms with van der Waals surface area (Å²) in [6.45, 7) is 18.2. The summed E-state index contributed by atoms with van der Waals surface area (Å²) >= 11 is 0. The number of aliphatic hydroxyl groups is 1. The van der Waals surface area contributed by atoms with E-state index in [1.54, 1.807) is 75.8 Å². The third kappa shape index (κ3) is 15.1. The van der Waals surface area contributed by atoms with Crippen LogP contribution in [0.2, 0.25) is 0 Å². The highest BCUT2D eigenvalue weighted by molar-refractivity contribution is 6.05. The molecule has 2 amide bonds. The number of carboxylic acid groups (broad SMARTS) is 1. The molecule has 16 heteroatoms. The molecule has 0 aliphatic carbocycles. The Morgan fingerprint density at radius 3 is 2.13 bits per heavy atom. The first-order chi connectivity index (χ1) is 35.7. The van der Waals surface area contributed by atoms with Crippen molar-refractivity contribution in [1.29, 1.82) is 0 Å². The van der Waals surface area contributed by atoms with E-state index in [9.17, 15) is 24.3 Å². The molecular weight excluding hydrogens is 957 g/mol. The fraction of sp³-hybridized carbons (Fsp3) is 0.390. The molecule has 0 saturated carbocycles. The van der Waals surface area contributed by atoms with Crippen molar-refractivity contribution in [2.75, 3.05) is 59.4 Å². The van der Waals surface area contributed by atoms with Gasteiger partial charge < -0.3 is 59.2 Å². The number of nitrogens with zero attached hydrogens (tertiary/aromatic N) is 1. The molecule has 5 N–H and O–H groups in total. The van der Waals surface area contributed by atoms with Crippen LogP contribution in [-0.4, -0.2) is 98.8 Å². The normalized spacial score (nSPS) is 13.4. The SMILES string of the molecule is COc1ccc(C(=O)NC2=Cc3ccc(OCCCN(C)C(C)(C)C)c(C)c3OC2O)cc1CC=C(C)Cc1cc(C(=O)Nc2cc3ccc(OCCCNCC(=O)O)c(C)c3oc2=O)cc(CC=C(C)C)c1OC. The van der Waals surface area contributed by atoms with E-state index in [2.05, 4.69) is 54.7 Å². The largest absolute Gasteiger partial charge is 0.496 e. The van der Waals surface area contributed by atoms with Gasteiger partial charge in [0.05, 0.1) is 39.7 Å². The van der Waals surface area contributed by atoms with Crippen molar-refractivity contribution in [2.45, 2.75) is 99.3 Å². The highest BCUT2D eigenvalue weighted by Crippen LogP contribution is 2.37. The summed E-state index contributed by atoms with van der Waals surface area (Å²) in [5.74, 6) is 1.02. The van der Waals surface area contributed by atoms with Crippen molar-refractivity contribution in [3.05, 3.63) is 145 Å². The summed E-state index contributed by atoms with van der Waals surface area (Å²) in [6, 6.07) is 17.5. The maximum Gasteiger partial charge on any atom is 0.360 e. The molecule has 0 saturated heterocycles. The van der Waals surface area contributed by atoms with Crippen LogP contribution in [0.25, 0.3) is 17.0 Å². The number of hydrogen-bond acceptors (Lipinski definition) is 13. The number of methoxy groups -OCH3 is 2. The standard InChI is InChI=1S/C59H72N4O12/c1-35(2)14-16-40-30-45(56(67)62-47-33-42-18-21-48(37(4)52(42)75-58(47)69)72-26-12-24-60-34-51(64)65)31-44(54(40)71-11)28-36(3)15-17-39-29-43(20-23-50(39)70-10)55(66)61-46-32-41-19-22-49(38(5)53(41)74-57(46)68)73-27-13-25-63(9)59(6,7)8/h14-15,18-23,29-33,57,60,68H,12-13,16-17,24-28,34H2,1-11H3,(H,61,66)(H,62,67)(H,64,65). The van der Waals surface area contributed by atoms with Gasteiger partial charge in [-0.05, 0) is 185 Å². The zero-order valence-corrected chi connectivity index (χ0v) is 45.1. The van der Waals surface area contributed by atoms with Gasteiger partial charge in [-0.3, -0.25) is 14.4 Å². The summed E-state index contributed by atoms with van der Waals surface area (Å²) in [6.07, 6.45) is 7.09. The molecule has 0 radical (unpaired) electrons. The molecule has 1 unspecified atom stereocenters.